The Labute approximate surface area is 200 Å². The molecule has 2 heterocycles. The number of carbonyl (C=O) groups excluding carboxylic acids is 1. The van der Waals surface area contributed by atoms with Crippen molar-refractivity contribution in [2.45, 2.75) is 51.2 Å². The number of aliphatic hydroxyl groups excluding tert-OH is 1. The lowest BCUT2D eigenvalue weighted by atomic mass is 9.96. The van der Waals surface area contributed by atoms with Gasteiger partial charge < -0.3 is 19.1 Å². The Morgan fingerprint density at radius 1 is 1.31 bits per heavy atom. The first-order valence-electron chi connectivity index (χ1n) is 11.3. The summed E-state index contributed by atoms with van der Waals surface area (Å²) in [6.45, 7) is 2.90. The van der Waals surface area contributed by atoms with Gasteiger partial charge in [0.25, 0.3) is 5.56 Å². The van der Waals surface area contributed by atoms with E-state index in [1.807, 2.05) is 0 Å². The highest BCUT2D eigenvalue weighted by molar-refractivity contribution is 7.52. The van der Waals surface area contributed by atoms with Gasteiger partial charge in [0.05, 0.1) is 19.3 Å². The summed E-state index contributed by atoms with van der Waals surface area (Å²) in [5.74, 6) is -0.400. The van der Waals surface area contributed by atoms with E-state index in [2.05, 4.69) is 10.1 Å². The van der Waals surface area contributed by atoms with Crippen LogP contribution < -0.4 is 20.9 Å². The van der Waals surface area contributed by atoms with Crippen LogP contribution in [-0.4, -0.2) is 52.1 Å². The SMILES string of the molecule is CCOC(=O)C(C)NP(=O)(OCC1OC(n2ccc(=O)[nH]c2=O)C2(CC2)C1O)Oc1ccccc1. The third-order valence-corrected chi connectivity index (χ3v) is 7.68. The first-order chi connectivity index (χ1) is 16.7. The van der Waals surface area contributed by atoms with E-state index in [1.165, 1.54) is 23.8 Å². The van der Waals surface area contributed by atoms with Crippen LogP contribution in [0.25, 0.3) is 0 Å². The summed E-state index contributed by atoms with van der Waals surface area (Å²) in [4.78, 5) is 38.0. The first-order valence-corrected chi connectivity index (χ1v) is 12.8. The highest BCUT2D eigenvalue weighted by Gasteiger charge is 2.64. The van der Waals surface area contributed by atoms with Crippen LogP contribution in [0.4, 0.5) is 0 Å². The van der Waals surface area contributed by atoms with Gasteiger partial charge in [0, 0.05) is 17.7 Å². The number of ether oxygens (including phenoxy) is 2. The molecule has 3 N–H and O–H groups in total. The van der Waals surface area contributed by atoms with Gasteiger partial charge in [-0.2, -0.15) is 5.09 Å². The van der Waals surface area contributed by atoms with Crippen LogP contribution in [0.3, 0.4) is 0 Å². The van der Waals surface area contributed by atoms with Gasteiger partial charge in [-0.25, -0.2) is 9.36 Å². The zero-order chi connectivity index (χ0) is 25.2. The molecule has 1 aromatic heterocycles. The van der Waals surface area contributed by atoms with E-state index in [4.69, 9.17) is 18.5 Å². The third kappa shape index (κ3) is 5.41. The number of hydrogen-bond acceptors (Lipinski definition) is 9. The van der Waals surface area contributed by atoms with Crippen LogP contribution >= 0.6 is 7.75 Å². The van der Waals surface area contributed by atoms with Crippen molar-refractivity contribution in [3.05, 3.63) is 63.4 Å². The lowest BCUT2D eigenvalue weighted by molar-refractivity contribution is -0.144. The Bertz CT molecular complexity index is 1210. The Balaban J connectivity index is 1.51. The zero-order valence-electron chi connectivity index (χ0n) is 19.3. The average Bonchev–Trinajstić information content (AvgIpc) is 3.57. The van der Waals surface area contributed by atoms with Crippen LogP contribution in [0.15, 0.2) is 52.2 Å². The highest BCUT2D eigenvalue weighted by Crippen LogP contribution is 2.62. The van der Waals surface area contributed by atoms with Crippen molar-refractivity contribution in [3.63, 3.8) is 0 Å². The quantitative estimate of drug-likeness (QED) is 0.315. The fraction of sp³-hybridized carbons (Fsp3) is 0.500. The third-order valence-electron chi connectivity index (χ3n) is 6.04. The monoisotopic (exact) mass is 509 g/mol. The molecule has 4 rings (SSSR count). The molecular formula is C22H28N3O9P. The van der Waals surface area contributed by atoms with Gasteiger partial charge in [-0.05, 0) is 38.8 Å². The van der Waals surface area contributed by atoms with Crippen LogP contribution in [0.1, 0.15) is 32.9 Å². The second-order valence-corrected chi connectivity index (χ2v) is 10.2. The maximum Gasteiger partial charge on any atom is 0.459 e. The van der Waals surface area contributed by atoms with Crippen LogP contribution in [0.2, 0.25) is 0 Å². The van der Waals surface area contributed by atoms with E-state index in [1.54, 1.807) is 37.3 Å². The van der Waals surface area contributed by atoms with Gasteiger partial charge in [-0.3, -0.25) is 23.7 Å². The minimum atomic E-state index is -4.14. The molecule has 1 aliphatic carbocycles. The number of para-hydroxylation sites is 1. The number of esters is 1. The molecule has 2 aromatic rings. The van der Waals surface area contributed by atoms with Gasteiger partial charge in [0.1, 0.15) is 24.1 Å². The van der Waals surface area contributed by atoms with Gasteiger partial charge in [0.2, 0.25) is 0 Å². The van der Waals surface area contributed by atoms with Crippen molar-refractivity contribution < 1.29 is 33.0 Å². The highest BCUT2D eigenvalue weighted by atomic mass is 31.2. The molecule has 0 bridgehead atoms. The Hall–Kier alpha value is -2.76. The predicted octanol–water partition coefficient (Wildman–Crippen LogP) is 1.32. The number of benzene rings is 1. The van der Waals surface area contributed by atoms with Crippen molar-refractivity contribution in [2.75, 3.05) is 13.2 Å². The minimum absolute atomic E-state index is 0.144. The molecular weight excluding hydrogens is 481 g/mol. The number of nitrogens with one attached hydrogen (secondary N) is 2. The molecule has 1 saturated heterocycles. The predicted molar refractivity (Wildman–Crippen MR) is 123 cm³/mol. The second-order valence-electron chi connectivity index (χ2n) is 8.52. The molecule has 0 radical (unpaired) electrons. The smallest absolute Gasteiger partial charge is 0.459 e. The van der Waals surface area contributed by atoms with E-state index in [0.717, 1.165) is 0 Å². The molecule has 2 fully saturated rings. The maximum atomic E-state index is 13.6. The van der Waals surface area contributed by atoms with Crippen molar-refractivity contribution >= 4 is 13.7 Å². The Morgan fingerprint density at radius 3 is 2.66 bits per heavy atom. The summed E-state index contributed by atoms with van der Waals surface area (Å²) < 4.78 is 36.9. The second kappa shape index (κ2) is 10.1. The van der Waals surface area contributed by atoms with E-state index >= 15 is 0 Å². The number of carbonyl (C=O) groups is 1. The lowest BCUT2D eigenvalue weighted by Gasteiger charge is -2.24. The number of nitrogens with zero attached hydrogens (tertiary/aromatic N) is 1. The molecule has 1 aliphatic heterocycles. The number of hydrogen-bond donors (Lipinski definition) is 3. The molecule has 5 atom stereocenters. The van der Waals surface area contributed by atoms with Gasteiger partial charge in [-0.15, -0.1) is 0 Å². The largest absolute Gasteiger partial charge is 0.465 e. The summed E-state index contributed by atoms with van der Waals surface area (Å²) in [5, 5.41) is 13.5. The fourth-order valence-electron chi connectivity index (χ4n) is 4.10. The normalized spacial score (nSPS) is 25.1. The molecule has 2 aliphatic rings. The average molecular weight is 509 g/mol. The fourth-order valence-corrected chi connectivity index (χ4v) is 5.60. The number of aliphatic hydroxyl groups is 1. The molecule has 35 heavy (non-hydrogen) atoms. The van der Waals surface area contributed by atoms with E-state index in [9.17, 15) is 24.1 Å². The molecule has 12 nitrogen and oxygen atoms in total. The molecule has 190 valence electrons. The number of rotatable bonds is 10. The molecule has 1 spiro atoms. The van der Waals surface area contributed by atoms with E-state index in [-0.39, 0.29) is 19.0 Å². The molecule has 1 saturated carbocycles. The van der Waals surface area contributed by atoms with Gasteiger partial charge in [0.15, 0.2) is 0 Å². The van der Waals surface area contributed by atoms with E-state index < -0.39 is 54.9 Å². The van der Waals surface area contributed by atoms with Crippen LogP contribution in [0, 0.1) is 5.41 Å². The Kier molecular flexibility index (Phi) is 7.30. The van der Waals surface area contributed by atoms with Crippen LogP contribution in [0.5, 0.6) is 5.75 Å². The summed E-state index contributed by atoms with van der Waals surface area (Å²) in [6.07, 6.45) is -0.313. The van der Waals surface area contributed by atoms with Crippen LogP contribution in [-0.2, 0) is 23.4 Å². The molecule has 1 aromatic carbocycles. The van der Waals surface area contributed by atoms with Crippen molar-refractivity contribution in [1.82, 2.24) is 14.6 Å². The molecule has 0 amide bonds. The summed E-state index contributed by atoms with van der Waals surface area (Å²) >= 11 is 0. The number of aromatic amines is 1. The summed E-state index contributed by atoms with van der Waals surface area (Å²) in [5.41, 5.74) is -1.94. The zero-order valence-corrected chi connectivity index (χ0v) is 20.2. The maximum absolute atomic E-state index is 13.6. The first kappa shape index (κ1) is 25.3. The summed E-state index contributed by atoms with van der Waals surface area (Å²) in [6, 6.07) is 8.45. The lowest BCUT2D eigenvalue weighted by Crippen LogP contribution is -2.37. The van der Waals surface area contributed by atoms with E-state index in [0.29, 0.717) is 12.8 Å². The van der Waals surface area contributed by atoms with Crippen molar-refractivity contribution in [2.24, 2.45) is 5.41 Å². The minimum Gasteiger partial charge on any atom is -0.465 e. The van der Waals surface area contributed by atoms with Crippen molar-refractivity contribution in [3.8, 4) is 5.75 Å². The topological polar surface area (TPSA) is 158 Å². The summed E-state index contributed by atoms with van der Waals surface area (Å²) in [7, 11) is -4.14. The molecule has 13 heteroatoms. The molecule has 5 unspecified atom stereocenters. The van der Waals surface area contributed by atoms with Crippen molar-refractivity contribution in [1.29, 1.82) is 0 Å². The Morgan fingerprint density at radius 2 is 2.03 bits per heavy atom. The van der Waals surface area contributed by atoms with Gasteiger partial charge >= 0.3 is 19.4 Å². The standard InChI is InChI=1S/C22H28N3O9P/c1-3-31-19(28)14(2)24-35(30,34-15-7-5-4-6-8-15)32-13-16-18(27)22(10-11-22)20(33-16)25-12-9-17(26)23-21(25)29/h4-9,12,14,16,18,20,27H,3,10-11,13H2,1-2H3,(H,24,30)(H,23,26,29). The number of aromatic nitrogens is 2. The van der Waals surface area contributed by atoms with Gasteiger partial charge in [-0.1, -0.05) is 18.2 Å². The number of H-pyrrole nitrogens is 1.